The van der Waals surface area contributed by atoms with Gasteiger partial charge in [0.2, 0.25) is 10.0 Å². The third kappa shape index (κ3) is 3.08. The van der Waals surface area contributed by atoms with Gasteiger partial charge in [0.25, 0.3) is 0 Å². The summed E-state index contributed by atoms with van der Waals surface area (Å²) < 4.78 is 26.5. The van der Waals surface area contributed by atoms with Gasteiger partial charge in [-0.05, 0) is 43.5 Å². The van der Waals surface area contributed by atoms with Gasteiger partial charge < -0.3 is 5.11 Å². The van der Waals surface area contributed by atoms with Gasteiger partial charge in [0.1, 0.15) is 0 Å². The normalized spacial score (nSPS) is 20.6. The summed E-state index contributed by atoms with van der Waals surface area (Å²) in [6.45, 7) is 2.44. The molecule has 0 radical (unpaired) electrons. The average Bonchev–Trinajstić information content (AvgIpc) is 2.84. The molecule has 1 aliphatic heterocycles. The molecule has 0 aliphatic carbocycles. The van der Waals surface area contributed by atoms with Gasteiger partial charge >= 0.3 is 5.97 Å². The van der Waals surface area contributed by atoms with Gasteiger partial charge in [-0.15, -0.1) is 0 Å². The Balaban J connectivity index is 2.33. The van der Waals surface area contributed by atoms with Gasteiger partial charge in [-0.25, -0.2) is 13.2 Å². The van der Waals surface area contributed by atoms with E-state index in [9.17, 15) is 13.2 Å². The van der Waals surface area contributed by atoms with Crippen LogP contribution in [0.5, 0.6) is 0 Å². The Hall–Kier alpha value is -1.66. The third-order valence-electron chi connectivity index (χ3n) is 3.38. The summed E-state index contributed by atoms with van der Waals surface area (Å²) >= 11 is 0. The van der Waals surface area contributed by atoms with Crippen LogP contribution in [0.15, 0.2) is 35.2 Å². The molecular weight excluding hydrogens is 278 g/mol. The van der Waals surface area contributed by atoms with Crippen molar-refractivity contribution in [3.63, 3.8) is 0 Å². The molecule has 1 fully saturated rings. The molecule has 6 heteroatoms. The van der Waals surface area contributed by atoms with Crippen LogP contribution in [0.2, 0.25) is 0 Å². The standard InChI is InChI=1S/C14H17NO4S/c1-11-4-3-9-15(11)20(18,19)13-6-2-5-12(10-13)7-8-14(16)17/h2,5-8,10-11H,3-4,9H2,1H3,(H,16,17). The third-order valence-corrected chi connectivity index (χ3v) is 5.38. The summed E-state index contributed by atoms with van der Waals surface area (Å²) in [4.78, 5) is 10.7. The molecule has 1 aromatic carbocycles. The van der Waals surface area contributed by atoms with Crippen molar-refractivity contribution in [3.8, 4) is 0 Å². The lowest BCUT2D eigenvalue weighted by Gasteiger charge is -2.21. The maximum absolute atomic E-state index is 12.5. The number of sulfonamides is 1. The number of benzene rings is 1. The van der Waals surface area contributed by atoms with Crippen molar-refractivity contribution in [2.75, 3.05) is 6.54 Å². The molecule has 108 valence electrons. The van der Waals surface area contributed by atoms with Crippen molar-refractivity contribution < 1.29 is 18.3 Å². The highest BCUT2D eigenvalue weighted by atomic mass is 32.2. The number of hydrogen-bond acceptors (Lipinski definition) is 3. The molecule has 0 amide bonds. The Labute approximate surface area is 118 Å². The molecule has 0 saturated carbocycles. The first-order chi connectivity index (χ1) is 9.41. The molecule has 0 bridgehead atoms. The number of rotatable bonds is 4. The Morgan fingerprint density at radius 1 is 1.45 bits per heavy atom. The summed E-state index contributed by atoms with van der Waals surface area (Å²) in [5, 5.41) is 8.60. The lowest BCUT2D eigenvalue weighted by atomic mass is 10.2. The van der Waals surface area contributed by atoms with Crippen LogP contribution in [0.3, 0.4) is 0 Å². The minimum absolute atomic E-state index is 0.0122. The maximum Gasteiger partial charge on any atom is 0.328 e. The number of aliphatic carboxylic acids is 1. The first kappa shape index (κ1) is 14.7. The van der Waals surface area contributed by atoms with Crippen molar-refractivity contribution in [3.05, 3.63) is 35.9 Å². The highest BCUT2D eigenvalue weighted by molar-refractivity contribution is 7.89. The first-order valence-corrected chi connectivity index (χ1v) is 7.88. The zero-order chi connectivity index (χ0) is 14.8. The summed E-state index contributed by atoms with van der Waals surface area (Å²) in [5.74, 6) is -1.06. The number of carbonyl (C=O) groups is 1. The largest absolute Gasteiger partial charge is 0.478 e. The first-order valence-electron chi connectivity index (χ1n) is 6.44. The molecule has 2 rings (SSSR count). The van der Waals surface area contributed by atoms with Crippen molar-refractivity contribution in [1.29, 1.82) is 0 Å². The van der Waals surface area contributed by atoms with Crippen molar-refractivity contribution in [1.82, 2.24) is 4.31 Å². The Morgan fingerprint density at radius 2 is 2.20 bits per heavy atom. The molecular formula is C14H17NO4S. The van der Waals surface area contributed by atoms with Crippen LogP contribution in [-0.2, 0) is 14.8 Å². The minimum Gasteiger partial charge on any atom is -0.478 e. The van der Waals surface area contributed by atoms with E-state index >= 15 is 0 Å². The Kier molecular flexibility index (Phi) is 4.25. The van der Waals surface area contributed by atoms with E-state index < -0.39 is 16.0 Å². The number of hydrogen-bond donors (Lipinski definition) is 1. The van der Waals surface area contributed by atoms with E-state index in [1.54, 1.807) is 18.2 Å². The van der Waals surface area contributed by atoms with Gasteiger partial charge in [0, 0.05) is 18.7 Å². The summed E-state index contributed by atoms with van der Waals surface area (Å²) in [5.41, 5.74) is 0.556. The highest BCUT2D eigenvalue weighted by Crippen LogP contribution is 2.26. The molecule has 0 aromatic heterocycles. The molecule has 20 heavy (non-hydrogen) atoms. The predicted molar refractivity (Wildman–Crippen MR) is 75.7 cm³/mol. The molecule has 0 spiro atoms. The smallest absolute Gasteiger partial charge is 0.328 e. The highest BCUT2D eigenvalue weighted by Gasteiger charge is 2.32. The summed E-state index contributed by atoms with van der Waals surface area (Å²) in [6, 6.07) is 6.34. The molecule has 1 aliphatic rings. The fourth-order valence-electron chi connectivity index (χ4n) is 2.35. The van der Waals surface area contributed by atoms with E-state index in [1.165, 1.54) is 16.4 Å². The van der Waals surface area contributed by atoms with Gasteiger partial charge in [0.15, 0.2) is 0 Å². The zero-order valence-electron chi connectivity index (χ0n) is 11.2. The van der Waals surface area contributed by atoms with Crippen molar-refractivity contribution >= 4 is 22.1 Å². The van der Waals surface area contributed by atoms with Crippen LogP contribution in [-0.4, -0.2) is 36.4 Å². The predicted octanol–water partition coefficient (Wildman–Crippen LogP) is 1.96. The fraction of sp³-hybridized carbons (Fsp3) is 0.357. The zero-order valence-corrected chi connectivity index (χ0v) is 12.0. The fourth-order valence-corrected chi connectivity index (χ4v) is 4.10. The minimum atomic E-state index is -3.50. The second-order valence-electron chi connectivity index (χ2n) is 4.85. The van der Waals surface area contributed by atoms with Crippen LogP contribution in [0.4, 0.5) is 0 Å². The Morgan fingerprint density at radius 3 is 2.80 bits per heavy atom. The topological polar surface area (TPSA) is 74.7 Å². The quantitative estimate of drug-likeness (QED) is 0.862. The van der Waals surface area contributed by atoms with Crippen LogP contribution in [0, 0.1) is 0 Å². The molecule has 1 heterocycles. The van der Waals surface area contributed by atoms with E-state index in [1.807, 2.05) is 6.92 Å². The van der Waals surface area contributed by atoms with Crippen LogP contribution < -0.4 is 0 Å². The van der Waals surface area contributed by atoms with E-state index in [4.69, 9.17) is 5.11 Å². The Bertz CT molecular complexity index is 636. The second kappa shape index (κ2) is 5.76. The number of nitrogens with zero attached hydrogens (tertiary/aromatic N) is 1. The van der Waals surface area contributed by atoms with Gasteiger partial charge in [-0.1, -0.05) is 12.1 Å². The van der Waals surface area contributed by atoms with Crippen LogP contribution in [0.1, 0.15) is 25.3 Å². The molecule has 1 aromatic rings. The van der Waals surface area contributed by atoms with Gasteiger partial charge in [-0.2, -0.15) is 4.31 Å². The molecule has 1 atom stereocenters. The van der Waals surface area contributed by atoms with Crippen molar-refractivity contribution in [2.45, 2.75) is 30.7 Å². The monoisotopic (exact) mass is 295 g/mol. The maximum atomic E-state index is 12.5. The average molecular weight is 295 g/mol. The number of carboxylic acids is 1. The lowest BCUT2D eigenvalue weighted by Crippen LogP contribution is -2.33. The van der Waals surface area contributed by atoms with E-state index in [0.29, 0.717) is 12.1 Å². The van der Waals surface area contributed by atoms with E-state index in [-0.39, 0.29) is 10.9 Å². The van der Waals surface area contributed by atoms with Gasteiger partial charge in [-0.3, -0.25) is 0 Å². The summed E-state index contributed by atoms with van der Waals surface area (Å²) in [6.07, 6.45) is 4.12. The summed E-state index contributed by atoms with van der Waals surface area (Å²) in [7, 11) is -3.50. The lowest BCUT2D eigenvalue weighted by molar-refractivity contribution is -0.131. The van der Waals surface area contributed by atoms with Crippen LogP contribution in [0.25, 0.3) is 6.08 Å². The molecule has 1 saturated heterocycles. The molecule has 5 nitrogen and oxygen atoms in total. The molecule has 1 N–H and O–H groups in total. The van der Waals surface area contributed by atoms with Crippen molar-refractivity contribution in [2.24, 2.45) is 0 Å². The second-order valence-corrected chi connectivity index (χ2v) is 6.74. The van der Waals surface area contributed by atoms with Crippen LogP contribution >= 0.6 is 0 Å². The number of carboxylic acid groups (broad SMARTS) is 1. The molecule has 1 unspecified atom stereocenters. The van der Waals surface area contributed by atoms with E-state index in [0.717, 1.165) is 18.9 Å². The van der Waals surface area contributed by atoms with E-state index in [2.05, 4.69) is 0 Å². The van der Waals surface area contributed by atoms with Gasteiger partial charge in [0.05, 0.1) is 4.90 Å². The SMILES string of the molecule is CC1CCCN1S(=O)(=O)c1cccc(C=CC(=O)O)c1.